The van der Waals surface area contributed by atoms with Crippen molar-refractivity contribution in [2.45, 2.75) is 309 Å². The number of aliphatic hydroxyl groups is 2. The number of ether oxygens (including phenoxy) is 1. The molecule has 0 bridgehead atoms. The van der Waals surface area contributed by atoms with Gasteiger partial charge in [0.25, 0.3) is 0 Å². The molecule has 0 saturated carbocycles. The maximum atomic E-state index is 13.2. The van der Waals surface area contributed by atoms with Crippen LogP contribution in [0, 0.1) is 0 Å². The highest BCUT2D eigenvalue weighted by molar-refractivity contribution is 5.77. The van der Waals surface area contributed by atoms with E-state index in [1.807, 2.05) is 0 Å². The largest absolute Gasteiger partial charge is 0.462 e. The van der Waals surface area contributed by atoms with Crippen LogP contribution < -0.4 is 5.32 Å². The molecule has 0 radical (unpaired) electrons. The van der Waals surface area contributed by atoms with Crippen LogP contribution in [-0.2, 0) is 14.3 Å². The summed E-state index contributed by atoms with van der Waals surface area (Å²) >= 11 is 0. The summed E-state index contributed by atoms with van der Waals surface area (Å²) in [5, 5.41) is 23.7. The van der Waals surface area contributed by atoms with Crippen LogP contribution in [0.1, 0.15) is 290 Å². The molecule has 0 aromatic carbocycles. The van der Waals surface area contributed by atoms with Crippen LogP contribution in [0.25, 0.3) is 0 Å². The summed E-state index contributed by atoms with van der Waals surface area (Å²) in [6.07, 6.45) is 56.7. The number of unbranched alkanes of at least 4 members (excludes halogenated alkanes) is 34. The normalized spacial score (nSPS) is 13.3. The van der Waals surface area contributed by atoms with Crippen LogP contribution in [0.15, 0.2) is 24.3 Å². The Labute approximate surface area is 380 Å². The third kappa shape index (κ3) is 44.7. The number of carbonyl (C=O) groups excluding carboxylic acids is 2. The van der Waals surface area contributed by atoms with Gasteiger partial charge in [-0.25, -0.2) is 0 Å². The molecule has 1 amide bonds. The number of hydrogen-bond donors (Lipinski definition) is 3. The Morgan fingerprint density at radius 2 is 0.820 bits per heavy atom. The Morgan fingerprint density at radius 1 is 0.475 bits per heavy atom. The molecule has 0 aromatic heterocycles. The third-order valence-corrected chi connectivity index (χ3v) is 12.6. The Bertz CT molecular complexity index is 966. The molecule has 0 aromatic rings. The fourth-order valence-corrected chi connectivity index (χ4v) is 8.42. The molecular formula is C55H105NO5. The van der Waals surface area contributed by atoms with Crippen LogP contribution >= 0.6 is 0 Å². The molecule has 360 valence electrons. The smallest absolute Gasteiger partial charge is 0.306 e. The first-order valence-corrected chi connectivity index (χ1v) is 27.1. The molecule has 0 rings (SSSR count). The predicted octanol–water partition coefficient (Wildman–Crippen LogP) is 16.3. The van der Waals surface area contributed by atoms with Gasteiger partial charge in [0, 0.05) is 6.42 Å². The van der Waals surface area contributed by atoms with Gasteiger partial charge >= 0.3 is 5.97 Å². The zero-order valence-corrected chi connectivity index (χ0v) is 41.1. The molecule has 6 heteroatoms. The van der Waals surface area contributed by atoms with Gasteiger partial charge in [0.2, 0.25) is 5.91 Å². The van der Waals surface area contributed by atoms with E-state index in [4.69, 9.17) is 4.74 Å². The summed E-state index contributed by atoms with van der Waals surface area (Å²) in [6.45, 7) is 6.48. The molecule has 3 N–H and O–H groups in total. The minimum absolute atomic E-state index is 0.0768. The van der Waals surface area contributed by atoms with Crippen LogP contribution in [0.2, 0.25) is 0 Å². The van der Waals surface area contributed by atoms with Gasteiger partial charge in [-0.15, -0.1) is 0 Å². The van der Waals surface area contributed by atoms with Gasteiger partial charge in [0.05, 0.1) is 25.2 Å². The van der Waals surface area contributed by atoms with Crippen molar-refractivity contribution in [3.8, 4) is 0 Å². The fraction of sp³-hybridized carbons (Fsp3) is 0.891. The van der Waals surface area contributed by atoms with Gasteiger partial charge in [0.15, 0.2) is 0 Å². The standard InChI is InChI=1S/C55H105NO5/c1-4-7-10-13-16-19-21-23-25-26-27-29-31-33-36-39-42-45-48-55(60)61-51(46-43-40-37-35-32-30-28-24-22-20-17-14-11-8-5-2)49-54(59)56-52(50-57)53(58)47-44-41-38-34-18-15-12-9-6-3/h25-27,29,51-53,57-58H,4-24,28,30-50H2,1-3H3,(H,56,59)/b26-25+,29-27+. The second-order valence-electron chi connectivity index (χ2n) is 18.7. The quantitative estimate of drug-likeness (QED) is 0.0322. The molecule has 0 fully saturated rings. The average molecular weight is 860 g/mol. The van der Waals surface area contributed by atoms with E-state index in [0.29, 0.717) is 19.3 Å². The lowest BCUT2D eigenvalue weighted by molar-refractivity contribution is -0.151. The van der Waals surface area contributed by atoms with Crippen molar-refractivity contribution >= 4 is 11.9 Å². The van der Waals surface area contributed by atoms with Gasteiger partial charge in [-0.3, -0.25) is 9.59 Å². The summed E-state index contributed by atoms with van der Waals surface area (Å²) in [5.41, 5.74) is 0. The van der Waals surface area contributed by atoms with Gasteiger partial charge in [-0.2, -0.15) is 0 Å². The van der Waals surface area contributed by atoms with Crippen LogP contribution in [0.3, 0.4) is 0 Å². The van der Waals surface area contributed by atoms with E-state index in [2.05, 4.69) is 50.4 Å². The minimum Gasteiger partial charge on any atom is -0.462 e. The molecule has 0 spiro atoms. The maximum absolute atomic E-state index is 13.2. The van der Waals surface area contributed by atoms with Crippen molar-refractivity contribution in [3.63, 3.8) is 0 Å². The van der Waals surface area contributed by atoms with Crippen molar-refractivity contribution in [3.05, 3.63) is 24.3 Å². The van der Waals surface area contributed by atoms with Gasteiger partial charge in [0.1, 0.15) is 6.10 Å². The molecule has 3 atom stereocenters. The van der Waals surface area contributed by atoms with E-state index in [1.54, 1.807) is 0 Å². The molecule has 0 aliphatic rings. The van der Waals surface area contributed by atoms with Crippen molar-refractivity contribution in [2.24, 2.45) is 0 Å². The summed E-state index contributed by atoms with van der Waals surface area (Å²) < 4.78 is 5.94. The first-order chi connectivity index (χ1) is 30.0. The Morgan fingerprint density at radius 3 is 1.21 bits per heavy atom. The van der Waals surface area contributed by atoms with E-state index in [1.165, 1.54) is 186 Å². The average Bonchev–Trinajstić information content (AvgIpc) is 3.25. The Balaban J connectivity index is 4.54. The second-order valence-corrected chi connectivity index (χ2v) is 18.7. The topological polar surface area (TPSA) is 95.9 Å². The van der Waals surface area contributed by atoms with Crippen LogP contribution in [0.4, 0.5) is 0 Å². The molecule has 0 aliphatic heterocycles. The van der Waals surface area contributed by atoms with Crippen LogP contribution in [0.5, 0.6) is 0 Å². The van der Waals surface area contributed by atoms with E-state index in [0.717, 1.165) is 57.8 Å². The maximum Gasteiger partial charge on any atom is 0.306 e. The number of amides is 1. The summed E-state index contributed by atoms with van der Waals surface area (Å²) in [7, 11) is 0. The Hall–Kier alpha value is -1.66. The predicted molar refractivity (Wildman–Crippen MR) is 264 cm³/mol. The monoisotopic (exact) mass is 860 g/mol. The van der Waals surface area contributed by atoms with Gasteiger partial charge < -0.3 is 20.3 Å². The minimum atomic E-state index is -0.785. The molecule has 0 saturated heterocycles. The summed E-state index contributed by atoms with van der Waals surface area (Å²) in [6, 6.07) is -0.699. The van der Waals surface area contributed by atoms with Crippen molar-refractivity contribution in [1.29, 1.82) is 0 Å². The summed E-state index contributed by atoms with van der Waals surface area (Å²) in [4.78, 5) is 26.2. The van der Waals surface area contributed by atoms with Crippen molar-refractivity contribution < 1.29 is 24.5 Å². The van der Waals surface area contributed by atoms with E-state index >= 15 is 0 Å². The van der Waals surface area contributed by atoms with Gasteiger partial charge in [-0.1, -0.05) is 251 Å². The van der Waals surface area contributed by atoms with Gasteiger partial charge in [-0.05, 0) is 51.4 Å². The molecule has 0 aliphatic carbocycles. The SMILES string of the molecule is CCCCCCCCC/C=C/C=C/CCCCCCCC(=O)OC(CCCCCCCCCCCCCCCCC)CC(=O)NC(CO)C(O)CCCCCCCCCCC. The first-order valence-electron chi connectivity index (χ1n) is 27.1. The van der Waals surface area contributed by atoms with Crippen molar-refractivity contribution in [1.82, 2.24) is 5.32 Å². The number of aliphatic hydroxyl groups excluding tert-OH is 2. The third-order valence-electron chi connectivity index (χ3n) is 12.6. The first kappa shape index (κ1) is 59.3. The highest BCUT2D eigenvalue weighted by Crippen LogP contribution is 2.18. The van der Waals surface area contributed by atoms with Crippen molar-refractivity contribution in [2.75, 3.05) is 6.61 Å². The molecule has 6 nitrogen and oxygen atoms in total. The second kappa shape index (κ2) is 49.4. The lowest BCUT2D eigenvalue weighted by Gasteiger charge is -2.24. The zero-order chi connectivity index (χ0) is 44.5. The summed E-state index contributed by atoms with van der Waals surface area (Å²) in [5.74, 6) is -0.476. The molecular weight excluding hydrogens is 755 g/mol. The van der Waals surface area contributed by atoms with E-state index in [-0.39, 0.29) is 24.9 Å². The number of hydrogen-bond acceptors (Lipinski definition) is 5. The number of nitrogens with one attached hydrogen (secondary N) is 1. The van der Waals surface area contributed by atoms with E-state index in [9.17, 15) is 19.8 Å². The number of allylic oxidation sites excluding steroid dienone is 4. The number of carbonyl (C=O) groups is 2. The lowest BCUT2D eigenvalue weighted by Crippen LogP contribution is -2.46. The number of esters is 1. The fourth-order valence-electron chi connectivity index (χ4n) is 8.42. The number of rotatable bonds is 49. The zero-order valence-electron chi connectivity index (χ0n) is 41.1. The lowest BCUT2D eigenvalue weighted by atomic mass is 10.0. The highest BCUT2D eigenvalue weighted by atomic mass is 16.5. The molecule has 3 unspecified atom stereocenters. The molecule has 0 heterocycles. The van der Waals surface area contributed by atoms with Crippen LogP contribution in [-0.4, -0.2) is 46.9 Å². The van der Waals surface area contributed by atoms with E-state index < -0.39 is 18.2 Å². The highest BCUT2D eigenvalue weighted by Gasteiger charge is 2.24. The Kier molecular flexibility index (Phi) is 48.0. The molecule has 61 heavy (non-hydrogen) atoms.